The van der Waals surface area contributed by atoms with E-state index in [1.807, 2.05) is 20.8 Å². The number of hydrogen-bond acceptors (Lipinski definition) is 2. The molecule has 3 heteroatoms. The Hall–Kier alpha value is -0.860. The maximum Gasteiger partial charge on any atom is 0.308 e. The van der Waals surface area contributed by atoms with E-state index in [0.29, 0.717) is 0 Å². The average Bonchev–Trinajstić information content (AvgIpc) is 1.83. The molecule has 0 unspecified atom stereocenters. The molecule has 0 saturated carbocycles. The molecule has 0 aliphatic rings. The van der Waals surface area contributed by atoms with Crippen LogP contribution in [0.2, 0.25) is 0 Å². The lowest BCUT2D eigenvalue weighted by molar-refractivity contribution is -0.145. The molecule has 0 fully saturated rings. The fraction of sp³-hybridized carbons (Fsp3) is 0.833. The summed E-state index contributed by atoms with van der Waals surface area (Å²) in [7, 11) is 0. The first-order valence-electron chi connectivity index (χ1n) is 4.63. The molecule has 0 amide bonds. The minimum absolute atomic E-state index is 0. The molecule has 0 aliphatic carbocycles. The molecule has 0 aromatic carbocycles. The van der Waals surface area contributed by atoms with Crippen LogP contribution in [0.25, 0.3) is 0 Å². The van der Waals surface area contributed by atoms with Crippen LogP contribution in [0.1, 0.15) is 55.9 Å². The Morgan fingerprint density at radius 2 is 1.00 bits per heavy atom. The van der Waals surface area contributed by atoms with Gasteiger partial charge in [0.25, 0.3) is 0 Å². The van der Waals surface area contributed by atoms with E-state index in [1.54, 1.807) is 27.7 Å². The molecule has 3 nitrogen and oxygen atoms in total. The highest BCUT2D eigenvalue weighted by molar-refractivity contribution is 5.80. The summed E-state index contributed by atoms with van der Waals surface area (Å²) in [5.74, 6) is -0.514. The Morgan fingerprint density at radius 3 is 1.00 bits per heavy atom. The van der Waals surface area contributed by atoms with Crippen LogP contribution in [0, 0.1) is 10.8 Å². The number of carboxylic acids is 1. The minimum atomic E-state index is -0.757. The monoisotopic (exact) mass is 218 g/mol. The van der Waals surface area contributed by atoms with Gasteiger partial charge in [-0.1, -0.05) is 28.2 Å². The summed E-state index contributed by atoms with van der Waals surface area (Å²) < 4.78 is 0. The van der Waals surface area contributed by atoms with E-state index in [9.17, 15) is 9.59 Å². The molecule has 0 saturated heterocycles. The highest BCUT2D eigenvalue weighted by Gasteiger charge is 2.18. The van der Waals surface area contributed by atoms with Crippen molar-refractivity contribution in [2.45, 2.75) is 55.9 Å². The summed E-state index contributed by atoms with van der Waals surface area (Å²) in [4.78, 5) is 20.5. The van der Waals surface area contributed by atoms with Gasteiger partial charge >= 0.3 is 5.97 Å². The lowest BCUT2D eigenvalue weighted by Crippen LogP contribution is -2.18. The van der Waals surface area contributed by atoms with Crippen molar-refractivity contribution in [2.24, 2.45) is 10.8 Å². The first-order chi connectivity index (χ1) is 5.89. The van der Waals surface area contributed by atoms with E-state index in [4.69, 9.17) is 5.11 Å². The van der Waals surface area contributed by atoms with Gasteiger partial charge in [-0.2, -0.15) is 0 Å². The number of carbonyl (C=O) groups excluding carboxylic acids is 1. The third-order valence-electron chi connectivity index (χ3n) is 1.70. The molecule has 0 aliphatic heterocycles. The number of Topliss-reactive ketones (excluding diaryl/α,β-unsaturated/α-hetero) is 1. The van der Waals surface area contributed by atoms with Crippen molar-refractivity contribution in [3.05, 3.63) is 0 Å². The molecular weight excluding hydrogens is 192 g/mol. The van der Waals surface area contributed by atoms with Crippen LogP contribution < -0.4 is 0 Å². The second-order valence-corrected chi connectivity index (χ2v) is 5.36. The van der Waals surface area contributed by atoms with E-state index in [2.05, 4.69) is 0 Å². The zero-order valence-corrected chi connectivity index (χ0v) is 10.3. The standard InChI is InChI=1S/C6H12O.C5H10O2.CH4/c1-5(7)6(2,3)4;1-5(2,3)4(6)7;/h1-4H3;1-3H3,(H,6,7);1H4. The van der Waals surface area contributed by atoms with Crippen LogP contribution in [-0.2, 0) is 9.59 Å². The van der Waals surface area contributed by atoms with Crippen LogP contribution in [0.4, 0.5) is 0 Å². The van der Waals surface area contributed by atoms with E-state index < -0.39 is 11.4 Å². The van der Waals surface area contributed by atoms with Crippen molar-refractivity contribution >= 4 is 11.8 Å². The van der Waals surface area contributed by atoms with Crippen LogP contribution in [0.5, 0.6) is 0 Å². The van der Waals surface area contributed by atoms with E-state index in [-0.39, 0.29) is 18.6 Å². The van der Waals surface area contributed by atoms with Gasteiger partial charge in [0, 0.05) is 5.41 Å². The fourth-order valence-corrected chi connectivity index (χ4v) is 0. The summed E-state index contributed by atoms with van der Waals surface area (Å²) >= 11 is 0. The molecule has 0 radical (unpaired) electrons. The summed E-state index contributed by atoms with van der Waals surface area (Å²) in [6.07, 6.45) is 0. The third-order valence-corrected chi connectivity index (χ3v) is 1.70. The van der Waals surface area contributed by atoms with Crippen molar-refractivity contribution < 1.29 is 14.7 Å². The van der Waals surface area contributed by atoms with Gasteiger partial charge in [0.2, 0.25) is 0 Å². The number of carboxylic acid groups (broad SMARTS) is 1. The predicted octanol–water partition coefficient (Wildman–Crippen LogP) is 3.37. The molecule has 0 rings (SSSR count). The summed E-state index contributed by atoms with van der Waals surface area (Å²) in [5, 5.41) is 8.25. The molecule has 92 valence electrons. The van der Waals surface area contributed by atoms with E-state index in [0.717, 1.165) is 0 Å². The smallest absolute Gasteiger partial charge is 0.308 e. The predicted molar refractivity (Wildman–Crippen MR) is 64.0 cm³/mol. The SMILES string of the molecule is C.CC(=O)C(C)(C)C.CC(C)(C)C(=O)O. The second-order valence-electron chi connectivity index (χ2n) is 5.36. The highest BCUT2D eigenvalue weighted by Crippen LogP contribution is 2.12. The van der Waals surface area contributed by atoms with Crippen molar-refractivity contribution in [3.8, 4) is 0 Å². The molecule has 0 atom stereocenters. The Bertz CT molecular complexity index is 180. The first kappa shape index (κ1) is 19.7. The van der Waals surface area contributed by atoms with Crippen molar-refractivity contribution in [3.63, 3.8) is 0 Å². The van der Waals surface area contributed by atoms with Crippen LogP contribution in [-0.4, -0.2) is 16.9 Å². The topological polar surface area (TPSA) is 54.4 Å². The molecule has 1 N–H and O–H groups in total. The largest absolute Gasteiger partial charge is 0.481 e. The number of carbonyl (C=O) groups is 2. The van der Waals surface area contributed by atoms with E-state index >= 15 is 0 Å². The minimum Gasteiger partial charge on any atom is -0.481 e. The molecule has 0 spiro atoms. The van der Waals surface area contributed by atoms with Gasteiger partial charge in [-0.25, -0.2) is 0 Å². The molecule has 0 aromatic rings. The van der Waals surface area contributed by atoms with Crippen molar-refractivity contribution in [1.29, 1.82) is 0 Å². The molecule has 15 heavy (non-hydrogen) atoms. The first-order valence-corrected chi connectivity index (χ1v) is 4.63. The average molecular weight is 218 g/mol. The van der Waals surface area contributed by atoms with Gasteiger partial charge in [-0.15, -0.1) is 0 Å². The van der Waals surface area contributed by atoms with Crippen molar-refractivity contribution in [2.75, 3.05) is 0 Å². The summed E-state index contributed by atoms with van der Waals surface area (Å²) in [5.41, 5.74) is -0.722. The number of hydrogen-bond donors (Lipinski definition) is 1. The summed E-state index contributed by atoms with van der Waals surface area (Å²) in [6, 6.07) is 0. The molecule has 0 aromatic heterocycles. The summed E-state index contributed by atoms with van der Waals surface area (Å²) in [6.45, 7) is 12.3. The fourth-order valence-electron chi connectivity index (χ4n) is 0. The lowest BCUT2D eigenvalue weighted by Gasteiger charge is -2.11. The lowest BCUT2D eigenvalue weighted by atomic mass is 9.92. The van der Waals surface area contributed by atoms with Gasteiger partial charge in [0.15, 0.2) is 0 Å². The van der Waals surface area contributed by atoms with Gasteiger partial charge in [0.05, 0.1) is 5.41 Å². The number of aliphatic carboxylic acids is 1. The normalized spacial score (nSPS) is 10.6. The Morgan fingerprint density at radius 1 is 0.867 bits per heavy atom. The van der Waals surface area contributed by atoms with Gasteiger partial charge in [0.1, 0.15) is 5.78 Å². The van der Waals surface area contributed by atoms with Crippen LogP contribution in [0.15, 0.2) is 0 Å². The Balaban J connectivity index is -0.000000180. The van der Waals surface area contributed by atoms with Crippen LogP contribution >= 0.6 is 0 Å². The maximum atomic E-state index is 10.5. The highest BCUT2D eigenvalue weighted by atomic mass is 16.4. The quantitative estimate of drug-likeness (QED) is 0.678. The number of rotatable bonds is 0. The Labute approximate surface area is 93.9 Å². The Kier molecular flexibility index (Phi) is 8.65. The zero-order chi connectivity index (χ0) is 12.2. The van der Waals surface area contributed by atoms with Gasteiger partial charge in [-0.05, 0) is 27.7 Å². The van der Waals surface area contributed by atoms with Crippen molar-refractivity contribution in [1.82, 2.24) is 0 Å². The third kappa shape index (κ3) is 13.1. The van der Waals surface area contributed by atoms with E-state index in [1.165, 1.54) is 0 Å². The number of ketones is 1. The van der Waals surface area contributed by atoms with Gasteiger partial charge in [-0.3, -0.25) is 9.59 Å². The molecular formula is C12H26O3. The van der Waals surface area contributed by atoms with Gasteiger partial charge < -0.3 is 5.11 Å². The zero-order valence-electron chi connectivity index (χ0n) is 10.3. The maximum absolute atomic E-state index is 10.5. The molecule has 0 bridgehead atoms. The molecule has 0 heterocycles. The van der Waals surface area contributed by atoms with Crippen LogP contribution in [0.3, 0.4) is 0 Å². The second kappa shape index (κ2) is 6.59.